The van der Waals surface area contributed by atoms with Gasteiger partial charge >= 0.3 is 0 Å². The lowest BCUT2D eigenvalue weighted by atomic mass is 9.87. The summed E-state index contributed by atoms with van der Waals surface area (Å²) in [5.41, 5.74) is 1.49. The Balaban J connectivity index is 1.46. The Hall–Kier alpha value is -1.89. The lowest BCUT2D eigenvalue weighted by Gasteiger charge is -2.26. The zero-order chi connectivity index (χ0) is 16.8. The molecule has 24 heavy (non-hydrogen) atoms. The molecule has 128 valence electrons. The molecule has 0 amide bonds. The fourth-order valence-corrected chi connectivity index (χ4v) is 6.07. The van der Waals surface area contributed by atoms with Crippen LogP contribution in [0.5, 0.6) is 0 Å². The Morgan fingerprint density at radius 3 is 2.50 bits per heavy atom. The van der Waals surface area contributed by atoms with E-state index in [1.54, 1.807) is 23.1 Å². The number of hydrogen-bond acceptors (Lipinski definition) is 4. The molecular formula is C17H22N4O2S. The van der Waals surface area contributed by atoms with E-state index in [4.69, 9.17) is 0 Å². The quantitative estimate of drug-likeness (QED) is 0.903. The molecule has 1 heterocycles. The van der Waals surface area contributed by atoms with Gasteiger partial charge in [-0.1, -0.05) is 0 Å². The molecule has 2 saturated carbocycles. The van der Waals surface area contributed by atoms with Crippen molar-refractivity contribution in [2.24, 2.45) is 18.4 Å². The molecule has 1 aromatic heterocycles. The van der Waals surface area contributed by atoms with E-state index < -0.39 is 10.0 Å². The number of fused-ring (bicyclic) bond motifs is 2. The standard InChI is InChI=1S/C17H22N4O2S/c1-21-12-18-16(19-21)14-2-4-15(5-3-14)20-24(22,23)11-17-8-6-13(10-17)7-9-17/h2-5,12-13,20H,6-11H2,1H3. The highest BCUT2D eigenvalue weighted by Crippen LogP contribution is 2.54. The molecule has 0 spiro atoms. The molecule has 2 fully saturated rings. The summed E-state index contributed by atoms with van der Waals surface area (Å²) < 4.78 is 29.5. The Kier molecular flexibility index (Phi) is 3.63. The van der Waals surface area contributed by atoms with E-state index in [2.05, 4.69) is 14.8 Å². The molecule has 0 saturated heterocycles. The topological polar surface area (TPSA) is 76.9 Å². The van der Waals surface area contributed by atoms with Crippen molar-refractivity contribution < 1.29 is 8.42 Å². The van der Waals surface area contributed by atoms with Crippen LogP contribution >= 0.6 is 0 Å². The fourth-order valence-electron chi connectivity index (χ4n) is 4.29. The Labute approximate surface area is 142 Å². The number of nitrogens with one attached hydrogen (secondary N) is 1. The van der Waals surface area contributed by atoms with Gasteiger partial charge in [-0.25, -0.2) is 13.4 Å². The molecule has 0 atom stereocenters. The highest BCUT2D eigenvalue weighted by molar-refractivity contribution is 7.92. The van der Waals surface area contributed by atoms with Crippen LogP contribution in [0.2, 0.25) is 0 Å². The molecule has 2 aliphatic rings. The Bertz CT molecular complexity index is 834. The SMILES string of the molecule is Cn1cnc(-c2ccc(NS(=O)(=O)CC34CCC(CC3)C4)cc2)n1. The van der Waals surface area contributed by atoms with Gasteiger partial charge in [0.05, 0.1) is 5.75 Å². The summed E-state index contributed by atoms with van der Waals surface area (Å²) in [6, 6.07) is 7.22. The van der Waals surface area contributed by atoms with Crippen molar-refractivity contribution in [3.8, 4) is 11.4 Å². The summed E-state index contributed by atoms with van der Waals surface area (Å²) >= 11 is 0. The molecule has 6 nitrogen and oxygen atoms in total. The Morgan fingerprint density at radius 2 is 1.96 bits per heavy atom. The van der Waals surface area contributed by atoms with Gasteiger partial charge in [-0.3, -0.25) is 9.40 Å². The lowest BCUT2D eigenvalue weighted by molar-refractivity contribution is 0.334. The van der Waals surface area contributed by atoms with Crippen LogP contribution in [0.3, 0.4) is 0 Å². The number of aromatic nitrogens is 3. The molecule has 7 heteroatoms. The maximum atomic E-state index is 12.6. The summed E-state index contributed by atoms with van der Waals surface area (Å²) in [6.07, 6.45) is 7.23. The van der Waals surface area contributed by atoms with E-state index in [-0.39, 0.29) is 11.2 Å². The first-order valence-corrected chi connectivity index (χ1v) is 10.0. The maximum absolute atomic E-state index is 12.6. The lowest BCUT2D eigenvalue weighted by Crippen LogP contribution is -2.29. The summed E-state index contributed by atoms with van der Waals surface area (Å²) in [5.74, 6) is 1.64. The first-order chi connectivity index (χ1) is 11.4. The third-order valence-corrected chi connectivity index (χ3v) is 6.94. The summed E-state index contributed by atoms with van der Waals surface area (Å²) in [7, 11) is -1.51. The van der Waals surface area contributed by atoms with Crippen molar-refractivity contribution in [1.82, 2.24) is 14.8 Å². The number of nitrogens with zero attached hydrogens (tertiary/aromatic N) is 3. The van der Waals surface area contributed by atoms with Crippen LogP contribution in [-0.2, 0) is 17.1 Å². The molecule has 1 N–H and O–H groups in total. The number of hydrogen-bond donors (Lipinski definition) is 1. The highest BCUT2D eigenvalue weighted by atomic mass is 32.2. The minimum atomic E-state index is -3.32. The highest BCUT2D eigenvalue weighted by Gasteiger charge is 2.47. The number of aryl methyl sites for hydroxylation is 1. The second-order valence-electron chi connectivity index (χ2n) is 7.33. The third-order valence-electron chi connectivity index (χ3n) is 5.40. The van der Waals surface area contributed by atoms with E-state index in [1.807, 2.05) is 19.2 Å². The molecular weight excluding hydrogens is 324 g/mol. The first-order valence-electron chi connectivity index (χ1n) is 8.40. The van der Waals surface area contributed by atoms with E-state index in [9.17, 15) is 8.42 Å². The first kappa shape index (κ1) is 15.6. The largest absolute Gasteiger partial charge is 0.284 e. The van der Waals surface area contributed by atoms with Crippen molar-refractivity contribution in [2.45, 2.75) is 32.1 Å². The van der Waals surface area contributed by atoms with E-state index in [1.165, 1.54) is 12.8 Å². The van der Waals surface area contributed by atoms with Gasteiger partial charge in [0.15, 0.2) is 5.82 Å². The van der Waals surface area contributed by atoms with Crippen molar-refractivity contribution in [2.75, 3.05) is 10.5 Å². The molecule has 2 aliphatic carbocycles. The van der Waals surface area contributed by atoms with Gasteiger partial charge in [0, 0.05) is 18.3 Å². The van der Waals surface area contributed by atoms with Gasteiger partial charge in [-0.05, 0) is 67.7 Å². The number of rotatable bonds is 5. The summed E-state index contributed by atoms with van der Waals surface area (Å²) in [6.45, 7) is 0. The summed E-state index contributed by atoms with van der Waals surface area (Å²) in [5, 5.41) is 4.25. The van der Waals surface area contributed by atoms with Gasteiger partial charge in [0.1, 0.15) is 6.33 Å². The molecule has 0 unspecified atom stereocenters. The molecule has 0 radical (unpaired) electrons. The molecule has 2 bridgehead atoms. The minimum Gasteiger partial charge on any atom is -0.284 e. The van der Waals surface area contributed by atoms with Crippen LogP contribution in [0.25, 0.3) is 11.4 Å². The molecule has 0 aliphatic heterocycles. The molecule has 2 aromatic rings. The predicted molar refractivity (Wildman–Crippen MR) is 92.9 cm³/mol. The monoisotopic (exact) mass is 346 g/mol. The predicted octanol–water partition coefficient (Wildman–Crippen LogP) is 2.80. The zero-order valence-electron chi connectivity index (χ0n) is 13.8. The van der Waals surface area contributed by atoms with E-state index in [0.29, 0.717) is 11.5 Å². The maximum Gasteiger partial charge on any atom is 0.233 e. The third kappa shape index (κ3) is 3.05. The fraction of sp³-hybridized carbons (Fsp3) is 0.529. The number of anilines is 1. The van der Waals surface area contributed by atoms with Crippen LogP contribution in [-0.4, -0.2) is 28.9 Å². The second kappa shape index (κ2) is 5.58. The Morgan fingerprint density at radius 1 is 1.25 bits per heavy atom. The minimum absolute atomic E-state index is 0.0221. The van der Waals surface area contributed by atoms with Crippen LogP contribution in [0.1, 0.15) is 32.1 Å². The van der Waals surface area contributed by atoms with Crippen molar-refractivity contribution >= 4 is 15.7 Å². The van der Waals surface area contributed by atoms with Gasteiger partial charge in [-0.2, -0.15) is 5.10 Å². The van der Waals surface area contributed by atoms with Crippen molar-refractivity contribution in [3.05, 3.63) is 30.6 Å². The van der Waals surface area contributed by atoms with Crippen molar-refractivity contribution in [3.63, 3.8) is 0 Å². The second-order valence-corrected chi connectivity index (χ2v) is 9.05. The zero-order valence-corrected chi connectivity index (χ0v) is 14.6. The van der Waals surface area contributed by atoms with Crippen LogP contribution < -0.4 is 4.72 Å². The molecule has 1 aromatic carbocycles. The average molecular weight is 346 g/mol. The van der Waals surface area contributed by atoms with Gasteiger partial charge in [0.25, 0.3) is 0 Å². The van der Waals surface area contributed by atoms with Gasteiger partial charge < -0.3 is 0 Å². The van der Waals surface area contributed by atoms with Crippen LogP contribution in [0, 0.1) is 11.3 Å². The van der Waals surface area contributed by atoms with Crippen molar-refractivity contribution in [1.29, 1.82) is 0 Å². The normalized spacial score (nSPS) is 26.0. The number of sulfonamides is 1. The average Bonchev–Trinajstić information content (AvgIpc) is 3.22. The summed E-state index contributed by atoms with van der Waals surface area (Å²) in [4.78, 5) is 4.20. The number of benzene rings is 1. The van der Waals surface area contributed by atoms with Gasteiger partial charge in [-0.15, -0.1) is 0 Å². The smallest absolute Gasteiger partial charge is 0.233 e. The molecule has 4 rings (SSSR count). The van der Waals surface area contributed by atoms with E-state index in [0.717, 1.165) is 30.7 Å². The van der Waals surface area contributed by atoms with Gasteiger partial charge in [0.2, 0.25) is 10.0 Å². The van der Waals surface area contributed by atoms with Crippen LogP contribution in [0.4, 0.5) is 5.69 Å². The van der Waals surface area contributed by atoms with E-state index >= 15 is 0 Å². The van der Waals surface area contributed by atoms with Crippen LogP contribution in [0.15, 0.2) is 30.6 Å².